The molecule has 3 heteroatoms. The molecule has 0 bridgehead atoms. The van der Waals surface area contributed by atoms with E-state index in [2.05, 4.69) is 24.0 Å². The van der Waals surface area contributed by atoms with E-state index >= 15 is 0 Å². The molecule has 2 aromatic carbocycles. The number of benzene rings is 2. The summed E-state index contributed by atoms with van der Waals surface area (Å²) in [4.78, 5) is 4.20. The molecule has 2 N–H and O–H groups in total. The van der Waals surface area contributed by atoms with Crippen molar-refractivity contribution in [3.63, 3.8) is 0 Å². The summed E-state index contributed by atoms with van der Waals surface area (Å²) < 4.78 is 0. The third-order valence-electron chi connectivity index (χ3n) is 2.73. The third kappa shape index (κ3) is 2.90. The molecular formula is C15H15ClN2. The van der Waals surface area contributed by atoms with Crippen molar-refractivity contribution in [1.82, 2.24) is 0 Å². The van der Waals surface area contributed by atoms with Crippen LogP contribution < -0.4 is 5.73 Å². The Morgan fingerprint density at radius 3 is 2.39 bits per heavy atom. The Labute approximate surface area is 112 Å². The van der Waals surface area contributed by atoms with E-state index in [0.717, 1.165) is 5.69 Å². The molecule has 0 fully saturated rings. The predicted molar refractivity (Wildman–Crippen MR) is 78.6 cm³/mol. The van der Waals surface area contributed by atoms with Gasteiger partial charge in [-0.05, 0) is 35.7 Å². The zero-order valence-electron chi connectivity index (χ0n) is 10.2. The van der Waals surface area contributed by atoms with Crippen LogP contribution >= 0.6 is 11.6 Å². The topological polar surface area (TPSA) is 38.4 Å². The lowest BCUT2D eigenvalue weighted by Gasteiger charge is -2.06. The number of alkyl halides is 1. The molecular weight excluding hydrogens is 244 g/mol. The lowest BCUT2D eigenvalue weighted by atomic mass is 10.0. The molecule has 2 nitrogen and oxygen atoms in total. The van der Waals surface area contributed by atoms with Gasteiger partial charge < -0.3 is 5.73 Å². The van der Waals surface area contributed by atoms with Crippen LogP contribution in [-0.2, 0) is 0 Å². The molecule has 0 aliphatic carbocycles. The second-order valence-electron chi connectivity index (χ2n) is 4.10. The van der Waals surface area contributed by atoms with Gasteiger partial charge in [0.1, 0.15) is 5.84 Å². The second kappa shape index (κ2) is 5.69. The first-order valence-corrected chi connectivity index (χ1v) is 6.29. The van der Waals surface area contributed by atoms with Gasteiger partial charge in [0.25, 0.3) is 0 Å². The van der Waals surface area contributed by atoms with Crippen LogP contribution in [0.3, 0.4) is 0 Å². The number of amidine groups is 1. The molecule has 92 valence electrons. The number of aryl methyl sites for hydroxylation is 1. The molecule has 0 atom stereocenters. The SMILES string of the molecule is Cc1ccccc1-c1ccc(N=C(N)CCl)cc1. The van der Waals surface area contributed by atoms with Crippen LogP contribution in [0.2, 0.25) is 0 Å². The van der Waals surface area contributed by atoms with E-state index in [1.54, 1.807) is 0 Å². The van der Waals surface area contributed by atoms with Gasteiger partial charge >= 0.3 is 0 Å². The fraction of sp³-hybridized carbons (Fsp3) is 0.133. The van der Waals surface area contributed by atoms with Crippen molar-refractivity contribution < 1.29 is 0 Å². The van der Waals surface area contributed by atoms with Gasteiger partial charge in [0.2, 0.25) is 0 Å². The fourth-order valence-corrected chi connectivity index (χ4v) is 1.87. The molecule has 0 aromatic heterocycles. The van der Waals surface area contributed by atoms with Gasteiger partial charge in [0.05, 0.1) is 11.6 Å². The maximum absolute atomic E-state index is 5.60. The Balaban J connectivity index is 2.31. The fourth-order valence-electron chi connectivity index (χ4n) is 1.81. The quantitative estimate of drug-likeness (QED) is 0.506. The van der Waals surface area contributed by atoms with E-state index < -0.39 is 0 Å². The van der Waals surface area contributed by atoms with Crippen molar-refractivity contribution in [3.05, 3.63) is 54.1 Å². The average Bonchev–Trinajstić information content (AvgIpc) is 2.40. The molecule has 0 saturated heterocycles. The molecule has 0 heterocycles. The Morgan fingerprint density at radius 1 is 1.11 bits per heavy atom. The van der Waals surface area contributed by atoms with Crippen LogP contribution in [0.4, 0.5) is 5.69 Å². The van der Waals surface area contributed by atoms with Crippen LogP contribution in [0.1, 0.15) is 5.56 Å². The van der Waals surface area contributed by atoms with Gasteiger partial charge in [0.15, 0.2) is 0 Å². The van der Waals surface area contributed by atoms with Crippen molar-refractivity contribution in [1.29, 1.82) is 0 Å². The molecule has 18 heavy (non-hydrogen) atoms. The van der Waals surface area contributed by atoms with E-state index in [9.17, 15) is 0 Å². The van der Waals surface area contributed by atoms with Crippen LogP contribution in [0, 0.1) is 6.92 Å². The summed E-state index contributed by atoms with van der Waals surface area (Å²) in [5, 5.41) is 0. The number of hydrogen-bond acceptors (Lipinski definition) is 1. The molecule has 2 rings (SSSR count). The highest BCUT2D eigenvalue weighted by atomic mass is 35.5. The van der Waals surface area contributed by atoms with Crippen LogP contribution in [0.25, 0.3) is 11.1 Å². The summed E-state index contributed by atoms with van der Waals surface area (Å²) in [5.74, 6) is 0.680. The summed E-state index contributed by atoms with van der Waals surface area (Å²) >= 11 is 5.59. The van der Waals surface area contributed by atoms with E-state index in [0.29, 0.717) is 5.84 Å². The van der Waals surface area contributed by atoms with Gasteiger partial charge in [-0.2, -0.15) is 0 Å². The number of aliphatic imine (C=N–C) groups is 1. The van der Waals surface area contributed by atoms with E-state index in [1.165, 1.54) is 16.7 Å². The number of nitrogens with two attached hydrogens (primary N) is 1. The van der Waals surface area contributed by atoms with Gasteiger partial charge in [-0.15, -0.1) is 11.6 Å². The normalized spacial score (nSPS) is 11.6. The molecule has 2 aromatic rings. The lowest BCUT2D eigenvalue weighted by molar-refractivity contribution is 1.43. The highest BCUT2D eigenvalue weighted by molar-refractivity contribution is 6.28. The predicted octanol–water partition coefficient (Wildman–Crippen LogP) is 3.89. The Bertz CT molecular complexity index is 559. The Kier molecular flexibility index (Phi) is 4.00. The number of nitrogens with zero attached hydrogens (tertiary/aromatic N) is 1. The van der Waals surface area contributed by atoms with Gasteiger partial charge in [-0.1, -0.05) is 36.4 Å². The highest BCUT2D eigenvalue weighted by Gasteiger charge is 2.00. The molecule has 0 unspecified atom stereocenters. The van der Waals surface area contributed by atoms with Crippen LogP contribution in [0.15, 0.2) is 53.5 Å². The first-order valence-electron chi connectivity index (χ1n) is 5.76. The summed E-state index contributed by atoms with van der Waals surface area (Å²) in [7, 11) is 0. The number of hydrogen-bond donors (Lipinski definition) is 1. The average molecular weight is 259 g/mol. The monoisotopic (exact) mass is 258 g/mol. The van der Waals surface area contributed by atoms with Gasteiger partial charge in [0, 0.05) is 0 Å². The summed E-state index contributed by atoms with van der Waals surface area (Å²) in [6.07, 6.45) is 0. The minimum atomic E-state index is 0.250. The van der Waals surface area contributed by atoms with Crippen molar-refractivity contribution >= 4 is 23.1 Å². The molecule has 0 spiro atoms. The molecule has 0 aliphatic rings. The Morgan fingerprint density at radius 2 is 1.78 bits per heavy atom. The summed E-state index contributed by atoms with van der Waals surface area (Å²) in [6.45, 7) is 2.10. The number of rotatable bonds is 3. The first-order chi connectivity index (χ1) is 8.70. The highest BCUT2D eigenvalue weighted by Crippen LogP contribution is 2.25. The van der Waals surface area contributed by atoms with Gasteiger partial charge in [-0.25, -0.2) is 4.99 Å². The zero-order chi connectivity index (χ0) is 13.0. The zero-order valence-corrected chi connectivity index (χ0v) is 11.0. The van der Waals surface area contributed by atoms with Crippen molar-refractivity contribution in [2.45, 2.75) is 6.92 Å². The van der Waals surface area contributed by atoms with Gasteiger partial charge in [-0.3, -0.25) is 0 Å². The largest absolute Gasteiger partial charge is 0.386 e. The van der Waals surface area contributed by atoms with Crippen molar-refractivity contribution in [3.8, 4) is 11.1 Å². The molecule has 0 saturated carbocycles. The summed E-state index contributed by atoms with van der Waals surface area (Å²) in [5.41, 5.74) is 10.1. The summed E-state index contributed by atoms with van der Waals surface area (Å²) in [6, 6.07) is 16.3. The van der Waals surface area contributed by atoms with Crippen LogP contribution in [-0.4, -0.2) is 11.7 Å². The molecule has 0 aliphatic heterocycles. The Hall–Kier alpha value is -1.80. The lowest BCUT2D eigenvalue weighted by Crippen LogP contribution is -2.12. The van der Waals surface area contributed by atoms with Crippen molar-refractivity contribution in [2.75, 3.05) is 5.88 Å². The molecule has 0 radical (unpaired) electrons. The first kappa shape index (κ1) is 12.7. The standard InChI is InChI=1S/C15H15ClN2/c1-11-4-2-3-5-14(11)12-6-8-13(9-7-12)18-15(17)10-16/h2-9H,10H2,1H3,(H2,17,18). The second-order valence-corrected chi connectivity index (χ2v) is 4.37. The van der Waals surface area contributed by atoms with Crippen molar-refractivity contribution in [2.24, 2.45) is 10.7 Å². The minimum absolute atomic E-state index is 0.250. The third-order valence-corrected chi connectivity index (χ3v) is 3.01. The number of halogens is 1. The maximum atomic E-state index is 5.60. The smallest absolute Gasteiger partial charge is 0.115 e. The molecule has 0 amide bonds. The minimum Gasteiger partial charge on any atom is -0.386 e. The van der Waals surface area contributed by atoms with E-state index in [4.69, 9.17) is 17.3 Å². The maximum Gasteiger partial charge on any atom is 0.115 e. The van der Waals surface area contributed by atoms with E-state index in [1.807, 2.05) is 36.4 Å². The van der Waals surface area contributed by atoms with E-state index in [-0.39, 0.29) is 5.88 Å². The van der Waals surface area contributed by atoms with Crippen LogP contribution in [0.5, 0.6) is 0 Å².